The third kappa shape index (κ3) is 8.90. The van der Waals surface area contributed by atoms with E-state index in [2.05, 4.69) is 0 Å². The minimum absolute atomic E-state index is 0.0203. The Hall–Kier alpha value is -2.30. The summed E-state index contributed by atoms with van der Waals surface area (Å²) in [4.78, 5) is 31.8. The van der Waals surface area contributed by atoms with Gasteiger partial charge in [0.1, 0.15) is 5.56 Å². The fraction of sp³-hybridized carbons (Fsp3) is 0.0455. The summed E-state index contributed by atoms with van der Waals surface area (Å²) in [5, 5.41) is 26.9. The van der Waals surface area contributed by atoms with E-state index in [9.17, 15) is 14.4 Å². The molecule has 0 aliphatic carbocycles. The second-order valence-corrected chi connectivity index (χ2v) is 9.25. The Bertz CT molecular complexity index is 1350. The summed E-state index contributed by atoms with van der Waals surface area (Å²) in [5.74, 6) is -3.41. The molecule has 0 heterocycles. The highest BCUT2D eigenvalue weighted by Gasteiger charge is 2.18. The molecule has 0 atom stereocenters. The van der Waals surface area contributed by atoms with Gasteiger partial charge < -0.3 is 25.8 Å². The molecule has 198 valence electrons. The van der Waals surface area contributed by atoms with E-state index in [4.69, 9.17) is 107 Å². The van der Waals surface area contributed by atoms with Crippen molar-refractivity contribution in [1.29, 1.82) is 0 Å². The van der Waals surface area contributed by atoms with Gasteiger partial charge in [0.25, 0.3) is 0 Å². The molecular formula is C22H14Cl7NO7. The third-order valence-electron chi connectivity index (χ3n) is 4.03. The lowest BCUT2D eigenvalue weighted by Crippen LogP contribution is -2.01. The van der Waals surface area contributed by atoms with Gasteiger partial charge in [0, 0.05) is 5.02 Å². The van der Waals surface area contributed by atoms with Crippen LogP contribution in [-0.2, 0) is 0 Å². The normalized spacial score (nSPS) is 9.84. The predicted octanol–water partition coefficient (Wildman–Crippen LogP) is 8.32. The molecule has 0 aromatic heterocycles. The van der Waals surface area contributed by atoms with E-state index in [1.807, 2.05) is 0 Å². The van der Waals surface area contributed by atoms with Crippen LogP contribution in [0.15, 0.2) is 36.4 Å². The smallest absolute Gasteiger partial charge is 0.341 e. The summed E-state index contributed by atoms with van der Waals surface area (Å²) in [7, 11) is 1.34. The lowest BCUT2D eigenvalue weighted by molar-refractivity contribution is 0.0683. The number of aromatic carboxylic acids is 3. The van der Waals surface area contributed by atoms with Gasteiger partial charge in [0.15, 0.2) is 5.75 Å². The maximum absolute atomic E-state index is 10.7. The van der Waals surface area contributed by atoms with Crippen molar-refractivity contribution < 1.29 is 34.4 Å². The minimum atomic E-state index is -1.19. The summed E-state index contributed by atoms with van der Waals surface area (Å²) in [6, 6.07) is 8.38. The second kappa shape index (κ2) is 14.6. The number of benzene rings is 3. The van der Waals surface area contributed by atoms with Crippen LogP contribution in [0, 0.1) is 0 Å². The predicted molar refractivity (Wildman–Crippen MR) is 146 cm³/mol. The van der Waals surface area contributed by atoms with E-state index >= 15 is 0 Å². The van der Waals surface area contributed by atoms with Crippen LogP contribution in [0.1, 0.15) is 31.1 Å². The van der Waals surface area contributed by atoms with Crippen LogP contribution in [0.5, 0.6) is 5.75 Å². The van der Waals surface area contributed by atoms with Crippen LogP contribution in [0.2, 0.25) is 35.2 Å². The summed E-state index contributed by atoms with van der Waals surface area (Å²) in [6.07, 6.45) is 0. The number of ether oxygens (including phenoxy) is 1. The highest BCUT2D eigenvalue weighted by molar-refractivity contribution is 6.46. The molecule has 0 aliphatic rings. The molecule has 3 rings (SSSR count). The molecule has 3 aromatic rings. The number of carboxylic acids is 3. The van der Waals surface area contributed by atoms with Crippen molar-refractivity contribution in [2.24, 2.45) is 0 Å². The van der Waals surface area contributed by atoms with Gasteiger partial charge in [-0.15, -0.1) is 0 Å². The number of carboxylic acid groups (broad SMARTS) is 3. The molecular weight excluding hydrogens is 638 g/mol. The van der Waals surface area contributed by atoms with E-state index in [-0.39, 0.29) is 63.3 Å². The Morgan fingerprint density at radius 1 is 0.676 bits per heavy atom. The quantitative estimate of drug-likeness (QED) is 0.163. The molecule has 0 fully saturated rings. The molecule has 0 bridgehead atoms. The topological polar surface area (TPSA) is 147 Å². The molecule has 37 heavy (non-hydrogen) atoms. The van der Waals surface area contributed by atoms with E-state index < -0.39 is 17.9 Å². The fourth-order valence-corrected chi connectivity index (χ4v) is 3.99. The van der Waals surface area contributed by atoms with E-state index in [1.54, 1.807) is 0 Å². The van der Waals surface area contributed by atoms with Gasteiger partial charge in [-0.1, -0.05) is 81.2 Å². The van der Waals surface area contributed by atoms with Crippen molar-refractivity contribution in [3.63, 3.8) is 0 Å². The fourth-order valence-electron chi connectivity index (χ4n) is 2.42. The summed E-state index contributed by atoms with van der Waals surface area (Å²) in [6.45, 7) is 0. The first-order chi connectivity index (χ1) is 17.1. The van der Waals surface area contributed by atoms with Crippen molar-refractivity contribution >= 4 is 105 Å². The SMILES string of the molecule is COc1c(Cl)ccc(Cl)c1C(=O)O.Nc1cc(Cl)cc(C(=O)O)c1Cl.O=C(O)c1c(Cl)ccc(Cl)c1Cl. The van der Waals surface area contributed by atoms with E-state index in [0.717, 1.165) is 0 Å². The Morgan fingerprint density at radius 3 is 1.54 bits per heavy atom. The van der Waals surface area contributed by atoms with Crippen LogP contribution in [0.4, 0.5) is 5.69 Å². The molecule has 8 nitrogen and oxygen atoms in total. The molecule has 0 saturated carbocycles. The number of nitrogens with two attached hydrogens (primary N) is 1. The Balaban J connectivity index is 0.000000278. The third-order valence-corrected chi connectivity index (χ3v) is 6.40. The molecule has 0 saturated heterocycles. The van der Waals surface area contributed by atoms with Crippen molar-refractivity contribution in [1.82, 2.24) is 0 Å². The van der Waals surface area contributed by atoms with Gasteiger partial charge in [0.2, 0.25) is 0 Å². The number of methoxy groups -OCH3 is 1. The molecule has 5 N–H and O–H groups in total. The standard InChI is InChI=1S/C8H6Cl2O3.C7H3Cl3O2.C7H5Cl2NO2/c1-13-7-5(10)3-2-4(9)6(7)8(11)12;8-3-1-2-4(9)6(10)5(3)7(11)12;8-3-1-4(7(11)12)6(9)5(10)2-3/h2-3H,1H3,(H,11,12);1-2H,(H,11,12);1-2H,10H2,(H,11,12). The van der Waals surface area contributed by atoms with Gasteiger partial charge in [0.05, 0.1) is 54.1 Å². The van der Waals surface area contributed by atoms with Gasteiger partial charge in [-0.3, -0.25) is 0 Å². The average Bonchev–Trinajstić information content (AvgIpc) is 2.80. The zero-order valence-electron chi connectivity index (χ0n) is 18.2. The molecule has 0 amide bonds. The first-order valence-corrected chi connectivity index (χ1v) is 11.9. The molecule has 0 aliphatic heterocycles. The molecule has 0 unspecified atom stereocenters. The first-order valence-electron chi connectivity index (χ1n) is 9.23. The summed E-state index contributed by atoms with van der Waals surface area (Å²) < 4.78 is 4.82. The number of anilines is 1. The van der Waals surface area contributed by atoms with Gasteiger partial charge in [-0.25, -0.2) is 14.4 Å². The van der Waals surface area contributed by atoms with Crippen molar-refractivity contribution in [3.8, 4) is 5.75 Å². The Kier molecular flexibility index (Phi) is 12.9. The van der Waals surface area contributed by atoms with Crippen molar-refractivity contribution in [2.75, 3.05) is 12.8 Å². The Morgan fingerprint density at radius 2 is 1.14 bits per heavy atom. The van der Waals surface area contributed by atoms with Crippen LogP contribution < -0.4 is 10.5 Å². The zero-order valence-corrected chi connectivity index (χ0v) is 23.5. The zero-order chi connectivity index (χ0) is 28.6. The van der Waals surface area contributed by atoms with E-state index in [0.29, 0.717) is 0 Å². The van der Waals surface area contributed by atoms with Gasteiger partial charge in [-0.2, -0.15) is 0 Å². The molecule has 3 aromatic carbocycles. The number of rotatable bonds is 4. The molecule has 0 spiro atoms. The average molecular weight is 653 g/mol. The second-order valence-electron chi connectivity index (χ2n) is 6.43. The number of nitrogen functional groups attached to an aromatic ring is 1. The van der Waals surface area contributed by atoms with Crippen LogP contribution >= 0.6 is 81.2 Å². The monoisotopic (exact) mass is 649 g/mol. The van der Waals surface area contributed by atoms with Crippen LogP contribution in [0.25, 0.3) is 0 Å². The van der Waals surface area contributed by atoms with Crippen molar-refractivity contribution in [3.05, 3.63) is 88.2 Å². The number of carbonyl (C=O) groups is 3. The summed E-state index contributed by atoms with van der Waals surface area (Å²) >= 11 is 39.3. The Labute approximate surface area is 244 Å². The number of hydrogen-bond acceptors (Lipinski definition) is 5. The number of halogens is 7. The van der Waals surface area contributed by atoms with Gasteiger partial charge in [-0.05, 0) is 36.4 Å². The lowest BCUT2D eigenvalue weighted by atomic mass is 10.2. The largest absolute Gasteiger partial charge is 0.494 e. The van der Waals surface area contributed by atoms with Crippen molar-refractivity contribution in [2.45, 2.75) is 0 Å². The maximum Gasteiger partial charge on any atom is 0.341 e. The minimum Gasteiger partial charge on any atom is -0.494 e. The molecule has 15 heteroatoms. The van der Waals surface area contributed by atoms with E-state index in [1.165, 1.54) is 43.5 Å². The number of hydrogen-bond donors (Lipinski definition) is 4. The molecule has 0 radical (unpaired) electrons. The maximum atomic E-state index is 10.7. The van der Waals surface area contributed by atoms with Gasteiger partial charge >= 0.3 is 17.9 Å². The first kappa shape index (κ1) is 32.7. The summed E-state index contributed by atoms with van der Waals surface area (Å²) in [5.41, 5.74) is 5.19. The lowest BCUT2D eigenvalue weighted by Gasteiger charge is -2.07. The highest BCUT2D eigenvalue weighted by atomic mass is 35.5. The highest BCUT2D eigenvalue weighted by Crippen LogP contribution is 2.34. The van der Waals surface area contributed by atoms with Crippen LogP contribution in [0.3, 0.4) is 0 Å². The van der Waals surface area contributed by atoms with Crippen LogP contribution in [-0.4, -0.2) is 40.3 Å².